The summed E-state index contributed by atoms with van der Waals surface area (Å²) in [6.07, 6.45) is 0.376. The number of halogens is 2. The van der Waals surface area contributed by atoms with Crippen molar-refractivity contribution in [2.75, 3.05) is 17.0 Å². The maximum Gasteiger partial charge on any atom is 0.241 e. The van der Waals surface area contributed by atoms with Crippen molar-refractivity contribution in [1.29, 1.82) is 0 Å². The number of rotatable bonds is 8. The molecule has 0 aliphatic heterocycles. The maximum atomic E-state index is 14.0. The van der Waals surface area contributed by atoms with Crippen molar-refractivity contribution in [3.05, 3.63) is 24.0 Å². The van der Waals surface area contributed by atoms with Crippen molar-refractivity contribution < 1.29 is 21.2 Å². The molecule has 0 aliphatic carbocycles. The van der Waals surface area contributed by atoms with E-state index in [9.17, 15) is 21.2 Å². The Hall–Kier alpha value is -0.940. The van der Waals surface area contributed by atoms with E-state index >= 15 is 0 Å². The molecule has 1 aromatic rings. The molecule has 0 fully saturated rings. The average molecular weight is 404 g/mol. The van der Waals surface area contributed by atoms with Crippen molar-refractivity contribution in [3.63, 3.8) is 0 Å². The van der Waals surface area contributed by atoms with Gasteiger partial charge in [0.1, 0.15) is 5.82 Å². The standard InChI is InChI=1S/C13H22FN3O4S2.ClH/c1-4-7-22(18,19)16-12-6-5-10(8-11(12)14)23(20,21)17-13(2,3)9-15;/h5-6,8,16-17H,4,7,9,15H2,1-3H3;1H. The van der Waals surface area contributed by atoms with Gasteiger partial charge in [0.2, 0.25) is 20.0 Å². The number of anilines is 1. The van der Waals surface area contributed by atoms with Gasteiger partial charge in [0.15, 0.2) is 0 Å². The summed E-state index contributed by atoms with van der Waals surface area (Å²) in [7, 11) is -7.63. The zero-order valence-electron chi connectivity index (χ0n) is 13.7. The van der Waals surface area contributed by atoms with Crippen molar-refractivity contribution in [2.24, 2.45) is 5.73 Å². The third-order valence-electron chi connectivity index (χ3n) is 2.91. The summed E-state index contributed by atoms with van der Waals surface area (Å²) in [6, 6.07) is 2.97. The Bertz CT molecular complexity index is 767. The van der Waals surface area contributed by atoms with E-state index in [0.29, 0.717) is 6.42 Å². The summed E-state index contributed by atoms with van der Waals surface area (Å²) in [6.45, 7) is 4.92. The van der Waals surface area contributed by atoms with Gasteiger partial charge in [-0.05, 0) is 38.5 Å². The van der Waals surface area contributed by atoms with Gasteiger partial charge >= 0.3 is 0 Å². The average Bonchev–Trinajstić information content (AvgIpc) is 2.39. The highest BCUT2D eigenvalue weighted by Crippen LogP contribution is 2.21. The molecule has 0 spiro atoms. The van der Waals surface area contributed by atoms with Crippen LogP contribution in [0.4, 0.5) is 10.1 Å². The number of hydrogen-bond donors (Lipinski definition) is 3. The van der Waals surface area contributed by atoms with Gasteiger partial charge in [-0.3, -0.25) is 4.72 Å². The van der Waals surface area contributed by atoms with Gasteiger partial charge in [-0.15, -0.1) is 12.4 Å². The minimum atomic E-state index is -3.97. The molecule has 0 aliphatic rings. The predicted octanol–water partition coefficient (Wildman–Crippen LogP) is 1.41. The van der Waals surface area contributed by atoms with E-state index in [1.807, 2.05) is 0 Å². The number of nitrogens with two attached hydrogens (primary N) is 1. The second kappa shape index (κ2) is 8.43. The third kappa shape index (κ3) is 6.52. The van der Waals surface area contributed by atoms with Crippen LogP contribution >= 0.6 is 12.4 Å². The smallest absolute Gasteiger partial charge is 0.241 e. The molecule has 0 aromatic heterocycles. The maximum absolute atomic E-state index is 14.0. The Morgan fingerprint density at radius 3 is 2.25 bits per heavy atom. The lowest BCUT2D eigenvalue weighted by Gasteiger charge is -2.24. The highest BCUT2D eigenvalue weighted by Gasteiger charge is 2.26. The monoisotopic (exact) mass is 403 g/mol. The first-order valence-electron chi connectivity index (χ1n) is 6.96. The fourth-order valence-electron chi connectivity index (χ4n) is 1.70. The van der Waals surface area contributed by atoms with Crippen LogP contribution in [-0.2, 0) is 20.0 Å². The molecular weight excluding hydrogens is 381 g/mol. The van der Waals surface area contributed by atoms with Crippen LogP contribution in [0.2, 0.25) is 0 Å². The van der Waals surface area contributed by atoms with Crippen molar-refractivity contribution in [2.45, 2.75) is 37.6 Å². The van der Waals surface area contributed by atoms with Crippen LogP contribution in [0.3, 0.4) is 0 Å². The molecule has 0 atom stereocenters. The molecule has 7 nitrogen and oxygen atoms in total. The Morgan fingerprint density at radius 2 is 1.79 bits per heavy atom. The Labute approximate surface area is 148 Å². The van der Waals surface area contributed by atoms with Crippen LogP contribution in [0.5, 0.6) is 0 Å². The molecular formula is C13H23ClFN3O4S2. The summed E-state index contributed by atoms with van der Waals surface area (Å²) in [4.78, 5) is -0.310. The number of benzene rings is 1. The number of sulfonamides is 2. The molecule has 1 rings (SSSR count). The van der Waals surface area contributed by atoms with Gasteiger partial charge in [0.05, 0.1) is 16.3 Å². The summed E-state index contributed by atoms with van der Waals surface area (Å²) in [5, 5.41) is 0. The first-order chi connectivity index (χ1) is 10.4. The second-order valence-electron chi connectivity index (χ2n) is 5.76. The van der Waals surface area contributed by atoms with Gasteiger partial charge in [-0.25, -0.2) is 25.9 Å². The Balaban J connectivity index is 0.00000529. The van der Waals surface area contributed by atoms with E-state index in [2.05, 4.69) is 9.44 Å². The van der Waals surface area contributed by atoms with Crippen molar-refractivity contribution in [3.8, 4) is 0 Å². The summed E-state index contributed by atoms with van der Waals surface area (Å²) in [5.74, 6) is -1.13. The van der Waals surface area contributed by atoms with Gasteiger partial charge in [0, 0.05) is 12.1 Å². The lowest BCUT2D eigenvalue weighted by atomic mass is 10.1. The predicted molar refractivity (Wildman–Crippen MR) is 94.8 cm³/mol. The van der Waals surface area contributed by atoms with Crippen LogP contribution in [0.15, 0.2) is 23.1 Å². The van der Waals surface area contributed by atoms with Crippen LogP contribution in [-0.4, -0.2) is 34.7 Å². The summed E-state index contributed by atoms with van der Waals surface area (Å²) >= 11 is 0. The molecule has 24 heavy (non-hydrogen) atoms. The highest BCUT2D eigenvalue weighted by atomic mass is 35.5. The number of hydrogen-bond acceptors (Lipinski definition) is 5. The molecule has 4 N–H and O–H groups in total. The van der Waals surface area contributed by atoms with Gasteiger partial charge in [0.25, 0.3) is 0 Å². The third-order valence-corrected chi connectivity index (χ3v) is 6.08. The van der Waals surface area contributed by atoms with E-state index in [-0.39, 0.29) is 35.3 Å². The summed E-state index contributed by atoms with van der Waals surface area (Å²) < 4.78 is 66.1. The first-order valence-corrected chi connectivity index (χ1v) is 10.1. The Morgan fingerprint density at radius 1 is 1.21 bits per heavy atom. The van der Waals surface area contributed by atoms with Gasteiger partial charge in [-0.1, -0.05) is 6.92 Å². The molecule has 1 aromatic carbocycles. The van der Waals surface area contributed by atoms with Crippen LogP contribution in [0, 0.1) is 5.82 Å². The van der Waals surface area contributed by atoms with E-state index in [1.54, 1.807) is 20.8 Å². The minimum Gasteiger partial charge on any atom is -0.329 e. The molecule has 140 valence electrons. The Kier molecular flexibility index (Phi) is 8.10. The lowest BCUT2D eigenvalue weighted by Crippen LogP contribution is -2.48. The van der Waals surface area contributed by atoms with Crippen LogP contribution in [0.1, 0.15) is 27.2 Å². The molecule has 0 bridgehead atoms. The van der Waals surface area contributed by atoms with E-state index in [1.165, 1.54) is 0 Å². The molecule has 0 saturated carbocycles. The fraction of sp³-hybridized carbons (Fsp3) is 0.538. The molecule has 11 heteroatoms. The molecule has 0 heterocycles. The molecule has 0 saturated heterocycles. The van der Waals surface area contributed by atoms with Gasteiger partial charge < -0.3 is 5.73 Å². The van der Waals surface area contributed by atoms with Crippen LogP contribution in [0.25, 0.3) is 0 Å². The van der Waals surface area contributed by atoms with E-state index < -0.39 is 31.4 Å². The van der Waals surface area contributed by atoms with Crippen molar-refractivity contribution in [1.82, 2.24) is 4.72 Å². The van der Waals surface area contributed by atoms with Crippen LogP contribution < -0.4 is 15.2 Å². The van der Waals surface area contributed by atoms with E-state index in [4.69, 9.17) is 5.73 Å². The quantitative estimate of drug-likeness (QED) is 0.606. The second-order valence-corrected chi connectivity index (χ2v) is 9.28. The van der Waals surface area contributed by atoms with Crippen molar-refractivity contribution >= 4 is 38.1 Å². The SMILES string of the molecule is CCCS(=O)(=O)Nc1ccc(S(=O)(=O)NC(C)(C)CN)cc1F.Cl. The zero-order valence-corrected chi connectivity index (χ0v) is 16.1. The minimum absolute atomic E-state index is 0. The largest absolute Gasteiger partial charge is 0.329 e. The lowest BCUT2D eigenvalue weighted by molar-refractivity contribution is 0.462. The van der Waals surface area contributed by atoms with E-state index in [0.717, 1.165) is 18.2 Å². The number of nitrogens with one attached hydrogen (secondary N) is 2. The molecule has 0 amide bonds. The summed E-state index contributed by atoms with van der Waals surface area (Å²) in [5.41, 5.74) is 4.28. The zero-order chi connectivity index (χ0) is 17.9. The molecule has 0 radical (unpaired) electrons. The first kappa shape index (κ1) is 23.1. The fourth-order valence-corrected chi connectivity index (χ4v) is 4.27. The van der Waals surface area contributed by atoms with Gasteiger partial charge in [-0.2, -0.15) is 0 Å². The molecule has 0 unspecified atom stereocenters. The highest BCUT2D eigenvalue weighted by molar-refractivity contribution is 7.92. The normalized spacial score (nSPS) is 12.5. The topological polar surface area (TPSA) is 118 Å².